The van der Waals surface area contributed by atoms with Crippen molar-refractivity contribution in [3.8, 4) is 11.5 Å². The molecule has 2 aromatic rings. The van der Waals surface area contributed by atoms with Crippen LogP contribution in [-0.2, 0) is 11.3 Å². The molecular formula is C27H34FN3O6. The van der Waals surface area contributed by atoms with Gasteiger partial charge >= 0.3 is 6.03 Å². The molecule has 0 aromatic heterocycles. The van der Waals surface area contributed by atoms with Gasteiger partial charge in [-0.1, -0.05) is 12.1 Å². The van der Waals surface area contributed by atoms with Crippen molar-refractivity contribution in [1.82, 2.24) is 15.1 Å². The number of benzene rings is 2. The summed E-state index contributed by atoms with van der Waals surface area (Å²) in [7, 11) is 0. The van der Waals surface area contributed by atoms with Gasteiger partial charge in [0.2, 0.25) is 0 Å². The van der Waals surface area contributed by atoms with Gasteiger partial charge in [-0.3, -0.25) is 14.6 Å². The molecule has 0 unspecified atom stereocenters. The molecule has 0 aliphatic carbocycles. The second-order valence-electron chi connectivity index (χ2n) is 10.2. The Bertz CT molecular complexity index is 1090. The number of rotatable bonds is 10. The quantitative estimate of drug-likeness (QED) is 0.329. The fourth-order valence-electron chi connectivity index (χ4n) is 4.54. The van der Waals surface area contributed by atoms with E-state index < -0.39 is 17.2 Å². The highest BCUT2D eigenvalue weighted by atomic mass is 19.1. The molecular weight excluding hydrogens is 481 g/mol. The van der Waals surface area contributed by atoms with Crippen LogP contribution in [0.1, 0.15) is 32.3 Å². The predicted molar refractivity (Wildman–Crippen MR) is 134 cm³/mol. The van der Waals surface area contributed by atoms with Crippen molar-refractivity contribution in [2.45, 2.75) is 50.5 Å². The molecule has 2 aromatic carbocycles. The molecule has 37 heavy (non-hydrogen) atoms. The second-order valence-corrected chi connectivity index (χ2v) is 10.2. The third-order valence-electron chi connectivity index (χ3n) is 6.71. The zero-order valence-corrected chi connectivity index (χ0v) is 21.2. The van der Waals surface area contributed by atoms with E-state index in [0.29, 0.717) is 50.6 Å². The Morgan fingerprint density at radius 3 is 2.35 bits per heavy atom. The number of hydrogen-bond donors (Lipinski definition) is 3. The molecule has 0 radical (unpaired) electrons. The Hall–Kier alpha value is -3.21. The van der Waals surface area contributed by atoms with Gasteiger partial charge in [0.05, 0.1) is 12.7 Å². The van der Waals surface area contributed by atoms with Crippen LogP contribution in [0.15, 0.2) is 48.5 Å². The van der Waals surface area contributed by atoms with Crippen LogP contribution in [0.25, 0.3) is 0 Å². The summed E-state index contributed by atoms with van der Waals surface area (Å²) in [6.07, 6.45) is -0.00167. The molecule has 4 rings (SSSR count). The molecule has 200 valence electrons. The molecule has 2 saturated heterocycles. The Balaban J connectivity index is 1.23. The number of imide groups is 1. The van der Waals surface area contributed by atoms with Crippen LogP contribution in [0.5, 0.6) is 11.5 Å². The van der Waals surface area contributed by atoms with Crippen molar-refractivity contribution in [3.05, 3.63) is 59.9 Å². The van der Waals surface area contributed by atoms with E-state index in [1.165, 1.54) is 29.2 Å². The molecule has 2 fully saturated rings. The average Bonchev–Trinajstić information content (AvgIpc) is 3.06. The number of urea groups is 1. The maximum Gasteiger partial charge on any atom is 0.325 e. The molecule has 2 aliphatic rings. The molecule has 2 atom stereocenters. The smallest absolute Gasteiger partial charge is 0.325 e. The molecule has 0 spiro atoms. The van der Waals surface area contributed by atoms with E-state index in [-0.39, 0.29) is 30.9 Å². The summed E-state index contributed by atoms with van der Waals surface area (Å²) >= 11 is 0. The van der Waals surface area contributed by atoms with Gasteiger partial charge in [0.25, 0.3) is 5.91 Å². The summed E-state index contributed by atoms with van der Waals surface area (Å²) < 4.78 is 24.5. The number of aliphatic hydroxyl groups excluding tert-OH is 1. The number of likely N-dealkylation sites (tertiary alicyclic amines) is 1. The maximum absolute atomic E-state index is 13.1. The van der Waals surface area contributed by atoms with Gasteiger partial charge in [0.1, 0.15) is 35.1 Å². The minimum atomic E-state index is -1.45. The SMILES string of the molecule is CC1(C)NC(=O)N(CCCOc2ccc(CN3CC[C@H](O)[C@@](O)(COc4ccc(F)cc4)C3)cc2)C1=O. The number of aliphatic hydroxyl groups is 2. The molecule has 0 bridgehead atoms. The second kappa shape index (κ2) is 11.0. The Labute approximate surface area is 215 Å². The van der Waals surface area contributed by atoms with Gasteiger partial charge < -0.3 is 25.0 Å². The van der Waals surface area contributed by atoms with Gasteiger partial charge in [0.15, 0.2) is 0 Å². The van der Waals surface area contributed by atoms with Crippen molar-refractivity contribution in [1.29, 1.82) is 0 Å². The van der Waals surface area contributed by atoms with Gasteiger partial charge in [-0.05, 0) is 68.7 Å². The maximum atomic E-state index is 13.1. The van der Waals surface area contributed by atoms with Crippen molar-refractivity contribution in [3.63, 3.8) is 0 Å². The summed E-state index contributed by atoms with van der Waals surface area (Å²) in [6, 6.07) is 12.7. The highest BCUT2D eigenvalue weighted by molar-refractivity contribution is 6.06. The normalized spacial score (nSPS) is 23.7. The van der Waals surface area contributed by atoms with Crippen molar-refractivity contribution < 1.29 is 33.7 Å². The third-order valence-corrected chi connectivity index (χ3v) is 6.71. The van der Waals surface area contributed by atoms with Crippen LogP contribution in [0, 0.1) is 5.82 Å². The van der Waals surface area contributed by atoms with Crippen LogP contribution in [0.4, 0.5) is 9.18 Å². The number of halogens is 1. The fraction of sp³-hybridized carbons (Fsp3) is 0.481. The zero-order valence-electron chi connectivity index (χ0n) is 21.2. The first kappa shape index (κ1) is 26.8. The number of ether oxygens (including phenoxy) is 2. The van der Waals surface area contributed by atoms with Crippen LogP contribution < -0.4 is 14.8 Å². The van der Waals surface area contributed by atoms with E-state index in [4.69, 9.17) is 9.47 Å². The van der Waals surface area contributed by atoms with Crippen molar-refractivity contribution >= 4 is 11.9 Å². The summed E-state index contributed by atoms with van der Waals surface area (Å²) in [5, 5.41) is 24.1. The topological polar surface area (TPSA) is 112 Å². The first-order valence-electron chi connectivity index (χ1n) is 12.4. The van der Waals surface area contributed by atoms with Gasteiger partial charge in [0, 0.05) is 26.2 Å². The fourth-order valence-corrected chi connectivity index (χ4v) is 4.54. The lowest BCUT2D eigenvalue weighted by Gasteiger charge is -2.42. The molecule has 2 heterocycles. The summed E-state index contributed by atoms with van der Waals surface area (Å²) in [5.41, 5.74) is -1.29. The van der Waals surface area contributed by atoms with E-state index >= 15 is 0 Å². The van der Waals surface area contributed by atoms with Gasteiger partial charge in [-0.15, -0.1) is 0 Å². The van der Waals surface area contributed by atoms with Crippen LogP contribution in [0.2, 0.25) is 0 Å². The highest BCUT2D eigenvalue weighted by Gasteiger charge is 2.44. The molecule has 3 amide bonds. The number of amides is 3. The lowest BCUT2D eigenvalue weighted by molar-refractivity contribution is -0.140. The van der Waals surface area contributed by atoms with Crippen LogP contribution in [0.3, 0.4) is 0 Å². The van der Waals surface area contributed by atoms with E-state index in [1.807, 2.05) is 24.3 Å². The van der Waals surface area contributed by atoms with Crippen LogP contribution in [-0.4, -0.2) is 82.0 Å². The number of piperidine rings is 1. The number of hydrogen-bond acceptors (Lipinski definition) is 7. The Morgan fingerprint density at radius 1 is 1.05 bits per heavy atom. The third kappa shape index (κ3) is 6.57. The Kier molecular flexibility index (Phi) is 8.01. The number of nitrogens with zero attached hydrogens (tertiary/aromatic N) is 2. The average molecular weight is 516 g/mol. The van der Waals surface area contributed by atoms with E-state index in [0.717, 1.165) is 5.56 Å². The lowest BCUT2D eigenvalue weighted by Crippen LogP contribution is -2.59. The monoisotopic (exact) mass is 515 g/mol. The Morgan fingerprint density at radius 2 is 1.70 bits per heavy atom. The van der Waals surface area contributed by atoms with E-state index in [2.05, 4.69) is 10.2 Å². The predicted octanol–water partition coefficient (Wildman–Crippen LogP) is 2.30. The number of carbonyl (C=O) groups is 2. The standard InChI is InChI=1S/C27H34FN3O6/c1-26(2)24(33)31(25(34)29-26)13-3-15-36-21-8-4-19(5-9-21)16-30-14-12-23(32)27(35,17-30)18-37-22-10-6-20(28)7-11-22/h4-11,23,32,35H,3,12-18H2,1-2H3,(H,29,34)/t23-,27-/m0/s1. The largest absolute Gasteiger partial charge is 0.494 e. The number of carbonyl (C=O) groups excluding carboxylic acids is 2. The van der Waals surface area contributed by atoms with Gasteiger partial charge in [-0.2, -0.15) is 0 Å². The van der Waals surface area contributed by atoms with E-state index in [1.54, 1.807) is 13.8 Å². The van der Waals surface area contributed by atoms with Crippen molar-refractivity contribution in [2.75, 3.05) is 32.8 Å². The first-order valence-corrected chi connectivity index (χ1v) is 12.4. The molecule has 10 heteroatoms. The zero-order chi connectivity index (χ0) is 26.6. The minimum absolute atomic E-state index is 0.106. The molecule has 0 saturated carbocycles. The summed E-state index contributed by atoms with van der Waals surface area (Å²) in [4.78, 5) is 27.4. The minimum Gasteiger partial charge on any atom is -0.494 e. The lowest BCUT2D eigenvalue weighted by atomic mass is 9.90. The molecule has 2 aliphatic heterocycles. The molecule has 9 nitrogen and oxygen atoms in total. The van der Waals surface area contributed by atoms with Crippen LogP contribution >= 0.6 is 0 Å². The summed E-state index contributed by atoms with van der Waals surface area (Å²) in [5.74, 6) is 0.498. The van der Waals surface area contributed by atoms with Gasteiger partial charge in [-0.25, -0.2) is 9.18 Å². The van der Waals surface area contributed by atoms with Crippen molar-refractivity contribution in [2.24, 2.45) is 0 Å². The van der Waals surface area contributed by atoms with E-state index in [9.17, 15) is 24.2 Å². The number of β-amino-alcohol motifs (C(OH)–C–C–N with tert-alkyl or cyclic N) is 1. The highest BCUT2D eigenvalue weighted by Crippen LogP contribution is 2.26. The molecule has 3 N–H and O–H groups in total. The number of nitrogens with one attached hydrogen (secondary N) is 1. The first-order chi connectivity index (χ1) is 17.6. The summed E-state index contributed by atoms with van der Waals surface area (Å²) in [6.45, 7) is 5.34.